The number of benzene rings is 2. The summed E-state index contributed by atoms with van der Waals surface area (Å²) in [6.07, 6.45) is 0. The Kier molecular flexibility index (Phi) is 7.95. The van der Waals surface area contributed by atoms with E-state index < -0.39 is 17.7 Å². The van der Waals surface area contributed by atoms with Gasteiger partial charge < -0.3 is 20.1 Å². The number of amides is 1. The van der Waals surface area contributed by atoms with Crippen LogP contribution in [-0.4, -0.2) is 38.7 Å². The van der Waals surface area contributed by atoms with Crippen LogP contribution in [0.15, 0.2) is 36.4 Å². The summed E-state index contributed by atoms with van der Waals surface area (Å²) < 4.78 is 23.7. The van der Waals surface area contributed by atoms with Gasteiger partial charge in [0.2, 0.25) is 0 Å². The number of hydrogen-bond donors (Lipinski definition) is 2. The molecule has 0 aliphatic carbocycles. The molecule has 0 saturated carbocycles. The lowest BCUT2D eigenvalue weighted by Crippen LogP contribution is -2.32. The molecule has 0 unspecified atom stereocenters. The van der Waals surface area contributed by atoms with Gasteiger partial charge in [-0.25, -0.2) is 9.18 Å². The molecule has 0 saturated heterocycles. The SMILES string of the molecule is COC(=O)COc1c(C)cc(CNCCNC(=O)c2ccccc2F)cc1C. The monoisotopic (exact) mass is 388 g/mol. The Labute approximate surface area is 164 Å². The van der Waals surface area contributed by atoms with Crippen LogP contribution in [0.5, 0.6) is 5.75 Å². The van der Waals surface area contributed by atoms with Crippen molar-refractivity contribution in [2.45, 2.75) is 20.4 Å². The summed E-state index contributed by atoms with van der Waals surface area (Å²) in [6, 6.07) is 9.84. The number of aryl methyl sites for hydroxylation is 2. The summed E-state index contributed by atoms with van der Waals surface area (Å²) >= 11 is 0. The molecular weight excluding hydrogens is 363 g/mol. The third-order valence-corrected chi connectivity index (χ3v) is 4.12. The van der Waals surface area contributed by atoms with Crippen LogP contribution in [0, 0.1) is 19.7 Å². The lowest BCUT2D eigenvalue weighted by molar-refractivity contribution is -0.142. The molecule has 6 nitrogen and oxygen atoms in total. The van der Waals surface area contributed by atoms with Crippen molar-refractivity contribution >= 4 is 11.9 Å². The van der Waals surface area contributed by atoms with Gasteiger partial charge in [-0.2, -0.15) is 0 Å². The van der Waals surface area contributed by atoms with Gasteiger partial charge in [-0.1, -0.05) is 24.3 Å². The minimum atomic E-state index is -0.534. The molecule has 0 aliphatic rings. The van der Waals surface area contributed by atoms with Gasteiger partial charge >= 0.3 is 5.97 Å². The van der Waals surface area contributed by atoms with Gasteiger partial charge in [-0.15, -0.1) is 0 Å². The van der Waals surface area contributed by atoms with Crippen LogP contribution in [0.3, 0.4) is 0 Å². The molecule has 0 heterocycles. The number of methoxy groups -OCH3 is 1. The summed E-state index contributed by atoms with van der Waals surface area (Å²) in [5.41, 5.74) is 2.94. The van der Waals surface area contributed by atoms with E-state index in [1.807, 2.05) is 26.0 Å². The number of esters is 1. The fourth-order valence-electron chi connectivity index (χ4n) is 2.80. The molecule has 0 atom stereocenters. The zero-order valence-electron chi connectivity index (χ0n) is 16.3. The van der Waals surface area contributed by atoms with Crippen LogP contribution in [-0.2, 0) is 16.1 Å². The van der Waals surface area contributed by atoms with Crippen molar-refractivity contribution in [2.75, 3.05) is 26.8 Å². The number of rotatable bonds is 9. The third kappa shape index (κ3) is 6.06. The van der Waals surface area contributed by atoms with Gasteiger partial charge in [0, 0.05) is 19.6 Å². The van der Waals surface area contributed by atoms with Crippen LogP contribution in [0.25, 0.3) is 0 Å². The average molecular weight is 388 g/mol. The zero-order valence-corrected chi connectivity index (χ0v) is 16.3. The zero-order chi connectivity index (χ0) is 20.5. The van der Waals surface area contributed by atoms with E-state index in [9.17, 15) is 14.0 Å². The van der Waals surface area contributed by atoms with Crippen LogP contribution < -0.4 is 15.4 Å². The number of ether oxygens (including phenoxy) is 2. The first kappa shape index (κ1) is 21.4. The van der Waals surface area contributed by atoms with Crippen molar-refractivity contribution in [1.82, 2.24) is 10.6 Å². The predicted octanol–water partition coefficient (Wildman–Crippen LogP) is 2.51. The molecular formula is C21H25FN2O4. The van der Waals surface area contributed by atoms with Crippen LogP contribution >= 0.6 is 0 Å². The molecule has 2 rings (SSSR count). The lowest BCUT2D eigenvalue weighted by Gasteiger charge is -2.14. The predicted molar refractivity (Wildman–Crippen MR) is 104 cm³/mol. The van der Waals surface area contributed by atoms with Gasteiger partial charge in [0.1, 0.15) is 11.6 Å². The van der Waals surface area contributed by atoms with Crippen LogP contribution in [0.1, 0.15) is 27.0 Å². The average Bonchev–Trinajstić information content (AvgIpc) is 2.67. The maximum absolute atomic E-state index is 13.6. The Morgan fingerprint density at radius 3 is 2.39 bits per heavy atom. The van der Waals surface area contributed by atoms with Crippen molar-refractivity contribution in [3.63, 3.8) is 0 Å². The second-order valence-electron chi connectivity index (χ2n) is 6.34. The van der Waals surface area contributed by atoms with Crippen molar-refractivity contribution in [1.29, 1.82) is 0 Å². The van der Waals surface area contributed by atoms with E-state index in [-0.39, 0.29) is 12.2 Å². The number of carbonyl (C=O) groups is 2. The second kappa shape index (κ2) is 10.4. The molecule has 2 aromatic carbocycles. The van der Waals surface area contributed by atoms with Gasteiger partial charge in [0.05, 0.1) is 12.7 Å². The molecule has 1 amide bonds. The molecule has 0 spiro atoms. The first-order valence-electron chi connectivity index (χ1n) is 8.95. The molecule has 2 aromatic rings. The fraction of sp³-hybridized carbons (Fsp3) is 0.333. The van der Waals surface area contributed by atoms with Crippen LogP contribution in [0.4, 0.5) is 4.39 Å². The summed E-state index contributed by atoms with van der Waals surface area (Å²) in [5, 5.41) is 5.92. The number of halogens is 1. The van der Waals surface area contributed by atoms with Crippen molar-refractivity contribution in [2.24, 2.45) is 0 Å². The molecule has 0 aliphatic heterocycles. The first-order chi connectivity index (χ1) is 13.4. The van der Waals surface area contributed by atoms with E-state index in [2.05, 4.69) is 15.4 Å². The van der Waals surface area contributed by atoms with Crippen molar-refractivity contribution in [3.05, 3.63) is 64.5 Å². The van der Waals surface area contributed by atoms with Crippen LogP contribution in [0.2, 0.25) is 0 Å². The summed E-state index contributed by atoms with van der Waals surface area (Å²) in [6.45, 7) is 5.23. The van der Waals surface area contributed by atoms with E-state index in [1.165, 1.54) is 19.2 Å². The van der Waals surface area contributed by atoms with Gasteiger partial charge in [-0.05, 0) is 42.7 Å². The molecule has 2 N–H and O–H groups in total. The molecule has 0 fully saturated rings. The Balaban J connectivity index is 1.79. The Morgan fingerprint density at radius 1 is 1.07 bits per heavy atom. The highest BCUT2D eigenvalue weighted by molar-refractivity contribution is 5.94. The normalized spacial score (nSPS) is 10.4. The number of nitrogens with one attached hydrogen (secondary N) is 2. The molecule has 7 heteroatoms. The Hall–Kier alpha value is -2.93. The van der Waals surface area contributed by atoms with E-state index in [1.54, 1.807) is 12.1 Å². The standard InChI is InChI=1S/C21H25FN2O4/c1-14-10-16(11-15(2)20(14)28-13-19(25)27-3)12-23-8-9-24-21(26)17-6-4-5-7-18(17)22/h4-7,10-11,23H,8-9,12-13H2,1-3H3,(H,24,26). The molecule has 0 radical (unpaired) electrons. The lowest BCUT2D eigenvalue weighted by atomic mass is 10.1. The first-order valence-corrected chi connectivity index (χ1v) is 8.95. The van der Waals surface area contributed by atoms with Crippen molar-refractivity contribution < 1.29 is 23.5 Å². The maximum Gasteiger partial charge on any atom is 0.343 e. The molecule has 150 valence electrons. The summed E-state index contributed by atoms with van der Waals surface area (Å²) in [5.74, 6) is -0.722. The largest absolute Gasteiger partial charge is 0.481 e. The summed E-state index contributed by atoms with van der Waals surface area (Å²) in [7, 11) is 1.32. The fourth-order valence-corrected chi connectivity index (χ4v) is 2.80. The van der Waals surface area contributed by atoms with Gasteiger partial charge in [0.25, 0.3) is 5.91 Å². The Bertz CT molecular complexity index is 816. The van der Waals surface area contributed by atoms with E-state index >= 15 is 0 Å². The van der Waals surface area contributed by atoms with Gasteiger partial charge in [-0.3, -0.25) is 4.79 Å². The van der Waals surface area contributed by atoms with E-state index in [4.69, 9.17) is 4.74 Å². The number of carbonyl (C=O) groups excluding carboxylic acids is 2. The third-order valence-electron chi connectivity index (χ3n) is 4.12. The topological polar surface area (TPSA) is 76.7 Å². The van der Waals surface area contributed by atoms with E-state index in [0.29, 0.717) is 25.4 Å². The maximum atomic E-state index is 13.6. The molecule has 0 bridgehead atoms. The highest BCUT2D eigenvalue weighted by atomic mass is 19.1. The quantitative estimate of drug-likeness (QED) is 0.510. The second-order valence-corrected chi connectivity index (χ2v) is 6.34. The molecule has 0 aromatic heterocycles. The Morgan fingerprint density at radius 2 is 1.75 bits per heavy atom. The van der Waals surface area contributed by atoms with Gasteiger partial charge in [0.15, 0.2) is 6.61 Å². The highest BCUT2D eigenvalue weighted by Crippen LogP contribution is 2.24. The van der Waals surface area contributed by atoms with E-state index in [0.717, 1.165) is 16.7 Å². The van der Waals surface area contributed by atoms with Crippen molar-refractivity contribution in [3.8, 4) is 5.75 Å². The highest BCUT2D eigenvalue weighted by Gasteiger charge is 2.11. The minimum Gasteiger partial charge on any atom is -0.481 e. The molecule has 28 heavy (non-hydrogen) atoms. The smallest absolute Gasteiger partial charge is 0.343 e. The summed E-state index contributed by atoms with van der Waals surface area (Å²) in [4.78, 5) is 23.2. The minimum absolute atomic E-state index is 0.0382. The number of hydrogen-bond acceptors (Lipinski definition) is 5.